The predicted octanol–water partition coefficient (Wildman–Crippen LogP) is 2.95. The molecule has 0 saturated carbocycles. The molecule has 1 aromatic rings. The van der Waals surface area contributed by atoms with Gasteiger partial charge in [0.25, 0.3) is 0 Å². The Morgan fingerprint density at radius 3 is 1.82 bits per heavy atom. The van der Waals surface area contributed by atoms with Gasteiger partial charge in [0.15, 0.2) is 6.71 Å². The summed E-state index contributed by atoms with van der Waals surface area (Å²) in [6.45, 7) is 4.70. The van der Waals surface area contributed by atoms with Crippen LogP contribution in [0.3, 0.4) is 0 Å². The van der Waals surface area contributed by atoms with Crippen LogP contribution in [0.5, 0.6) is 0 Å². The molecule has 0 N–H and O–H groups in total. The minimum atomic E-state index is 0.478. The van der Waals surface area contributed by atoms with Gasteiger partial charge in [-0.3, -0.25) is 0 Å². The van der Waals surface area contributed by atoms with Crippen LogP contribution >= 0.6 is 23.2 Å². The van der Waals surface area contributed by atoms with Gasteiger partial charge in [-0.15, -0.1) is 0 Å². The zero-order valence-corrected chi connectivity index (χ0v) is 8.08. The molecule has 0 aliphatic carbocycles. The second kappa shape index (κ2) is 3.51. The average Bonchev–Trinajstić information content (AvgIpc) is 1.85. The Kier molecular flexibility index (Phi) is 2.86. The molecule has 0 radical (unpaired) electrons. The highest BCUT2D eigenvalue weighted by Gasteiger charge is 2.04. The summed E-state index contributed by atoms with van der Waals surface area (Å²) in [6, 6.07) is 5.63. The first-order valence-corrected chi connectivity index (χ1v) is 4.31. The highest BCUT2D eigenvalue weighted by molar-refractivity contribution is 6.71. The van der Waals surface area contributed by atoms with Crippen molar-refractivity contribution in [1.82, 2.24) is 0 Å². The van der Waals surface area contributed by atoms with Crippen molar-refractivity contribution in [3.05, 3.63) is 28.2 Å². The molecule has 11 heavy (non-hydrogen) atoms. The molecule has 0 amide bonds. The van der Waals surface area contributed by atoms with Crippen molar-refractivity contribution < 1.29 is 0 Å². The van der Waals surface area contributed by atoms with Crippen molar-refractivity contribution >= 4 is 35.4 Å². The fourth-order valence-corrected chi connectivity index (χ4v) is 1.45. The van der Waals surface area contributed by atoms with Crippen LogP contribution in [0.2, 0.25) is 23.7 Å². The molecule has 58 valence electrons. The lowest BCUT2D eigenvalue weighted by Gasteiger charge is -2.02. The van der Waals surface area contributed by atoms with E-state index >= 15 is 0 Å². The summed E-state index contributed by atoms with van der Waals surface area (Å²) in [4.78, 5) is 0. The Morgan fingerprint density at radius 2 is 1.45 bits per heavy atom. The predicted molar refractivity (Wildman–Crippen MR) is 53.6 cm³/mol. The van der Waals surface area contributed by atoms with Crippen LogP contribution in [0.1, 0.15) is 0 Å². The number of rotatable bonds is 1. The summed E-state index contributed by atoms with van der Waals surface area (Å²) in [5, 5.41) is 1.42. The van der Waals surface area contributed by atoms with Crippen molar-refractivity contribution in [2.75, 3.05) is 0 Å². The molecule has 0 nitrogen and oxygen atoms in total. The van der Waals surface area contributed by atoms with Gasteiger partial charge in [0, 0.05) is 10.0 Å². The van der Waals surface area contributed by atoms with Crippen molar-refractivity contribution in [3.8, 4) is 0 Å². The molecule has 0 unspecified atom stereocenters. The quantitative estimate of drug-likeness (QED) is 0.592. The third-order valence-corrected chi connectivity index (χ3v) is 1.99. The Hall–Kier alpha value is -0.135. The van der Waals surface area contributed by atoms with Crippen LogP contribution in [0.4, 0.5) is 0 Å². The van der Waals surface area contributed by atoms with Gasteiger partial charge in [-0.2, -0.15) is 0 Å². The van der Waals surface area contributed by atoms with E-state index in [0.717, 1.165) is 0 Å². The molecule has 0 aliphatic rings. The van der Waals surface area contributed by atoms with Crippen LogP contribution in [-0.4, -0.2) is 6.71 Å². The van der Waals surface area contributed by atoms with E-state index in [0.29, 0.717) is 16.8 Å². The molecule has 0 bridgehead atoms. The first-order valence-electron chi connectivity index (χ1n) is 3.55. The number of halogens is 2. The van der Waals surface area contributed by atoms with Crippen LogP contribution in [0.15, 0.2) is 18.2 Å². The minimum absolute atomic E-state index is 0.478. The molecule has 3 heteroatoms. The minimum Gasteiger partial charge on any atom is -0.0843 e. The van der Waals surface area contributed by atoms with Gasteiger partial charge in [0.1, 0.15) is 0 Å². The lowest BCUT2D eigenvalue weighted by Crippen LogP contribution is -2.22. The molecule has 0 aromatic heterocycles. The van der Waals surface area contributed by atoms with E-state index in [1.165, 1.54) is 5.46 Å². The van der Waals surface area contributed by atoms with Gasteiger partial charge in [0.2, 0.25) is 0 Å². The highest BCUT2D eigenvalue weighted by atomic mass is 35.5. The third-order valence-electron chi connectivity index (χ3n) is 1.55. The second-order valence-electron chi connectivity index (χ2n) is 2.86. The van der Waals surface area contributed by atoms with E-state index in [9.17, 15) is 0 Å². The molecule has 1 rings (SSSR count). The van der Waals surface area contributed by atoms with Gasteiger partial charge in [-0.25, -0.2) is 0 Å². The van der Waals surface area contributed by atoms with Crippen LogP contribution < -0.4 is 5.46 Å². The van der Waals surface area contributed by atoms with Gasteiger partial charge in [0.05, 0.1) is 0 Å². The maximum Gasteiger partial charge on any atom is 0.169 e. The van der Waals surface area contributed by atoms with Gasteiger partial charge in [-0.1, -0.05) is 42.3 Å². The summed E-state index contributed by atoms with van der Waals surface area (Å²) < 4.78 is 0. The Bertz CT molecular complexity index is 238. The van der Waals surface area contributed by atoms with Crippen LogP contribution in [0.25, 0.3) is 0 Å². The molecule has 0 fully saturated rings. The fourth-order valence-electron chi connectivity index (χ4n) is 0.908. The Morgan fingerprint density at radius 1 is 1.00 bits per heavy atom. The van der Waals surface area contributed by atoms with E-state index < -0.39 is 0 Å². The van der Waals surface area contributed by atoms with Crippen LogP contribution in [-0.2, 0) is 0 Å². The maximum absolute atomic E-state index is 5.81. The van der Waals surface area contributed by atoms with Crippen LogP contribution in [0, 0.1) is 0 Å². The molecular formula is C8H9BCl2. The maximum atomic E-state index is 5.81. The van der Waals surface area contributed by atoms with E-state index in [-0.39, 0.29) is 0 Å². The smallest absolute Gasteiger partial charge is 0.0843 e. The number of hydrogen-bond donors (Lipinski definition) is 0. The lowest BCUT2D eigenvalue weighted by atomic mass is 9.49. The summed E-state index contributed by atoms with van der Waals surface area (Å²) >= 11 is 11.6. The molecule has 0 aliphatic heterocycles. The van der Waals surface area contributed by atoms with Crippen molar-refractivity contribution in [3.63, 3.8) is 0 Å². The van der Waals surface area contributed by atoms with E-state index in [2.05, 4.69) is 13.6 Å². The average molecular weight is 187 g/mol. The largest absolute Gasteiger partial charge is 0.169 e. The molecule has 0 saturated heterocycles. The van der Waals surface area contributed by atoms with Gasteiger partial charge < -0.3 is 0 Å². The summed E-state index contributed by atoms with van der Waals surface area (Å²) in [5.41, 5.74) is 1.18. The van der Waals surface area contributed by atoms with E-state index in [1.807, 2.05) is 12.1 Å². The van der Waals surface area contributed by atoms with Crippen molar-refractivity contribution in [1.29, 1.82) is 0 Å². The number of hydrogen-bond acceptors (Lipinski definition) is 0. The highest BCUT2D eigenvalue weighted by Crippen LogP contribution is 2.13. The second-order valence-corrected chi connectivity index (χ2v) is 3.73. The normalized spacial score (nSPS) is 9.82. The summed E-state index contributed by atoms with van der Waals surface area (Å²) in [5.74, 6) is 0. The zero-order chi connectivity index (χ0) is 8.43. The molecular weight excluding hydrogens is 178 g/mol. The van der Waals surface area contributed by atoms with Crippen molar-refractivity contribution in [2.45, 2.75) is 13.6 Å². The topological polar surface area (TPSA) is 0 Å². The first-order chi connectivity index (χ1) is 5.09. The molecule has 1 aromatic carbocycles. The molecule has 0 spiro atoms. The standard InChI is InChI=1S/C8H9BCl2/c1-9(2)6-3-7(10)5-8(11)4-6/h3-5H,1-2H3. The Balaban J connectivity index is 3.08. The van der Waals surface area contributed by atoms with E-state index in [1.54, 1.807) is 6.07 Å². The molecule has 0 atom stereocenters. The molecule has 0 heterocycles. The summed E-state index contributed by atoms with van der Waals surface area (Å²) in [7, 11) is 0. The van der Waals surface area contributed by atoms with Crippen molar-refractivity contribution in [2.24, 2.45) is 0 Å². The number of benzene rings is 1. The zero-order valence-electron chi connectivity index (χ0n) is 6.57. The van der Waals surface area contributed by atoms with Gasteiger partial charge in [-0.05, 0) is 18.2 Å². The lowest BCUT2D eigenvalue weighted by molar-refractivity contribution is 1.73. The summed E-state index contributed by atoms with van der Waals surface area (Å²) in [6.07, 6.45) is 0. The van der Waals surface area contributed by atoms with Gasteiger partial charge >= 0.3 is 0 Å². The third kappa shape index (κ3) is 2.42. The first kappa shape index (κ1) is 8.96. The monoisotopic (exact) mass is 186 g/mol. The van der Waals surface area contributed by atoms with E-state index in [4.69, 9.17) is 23.2 Å². The fraction of sp³-hybridized carbons (Fsp3) is 0.250. The SMILES string of the molecule is CB(C)c1cc(Cl)cc(Cl)c1. The Labute approximate surface area is 77.6 Å².